The minimum Gasteiger partial charge on any atom is -0.349 e. The molecule has 3 rings (SSSR count). The summed E-state index contributed by atoms with van der Waals surface area (Å²) in [5.41, 5.74) is 4.93. The lowest BCUT2D eigenvalue weighted by molar-refractivity contribution is -0.0436. The van der Waals surface area contributed by atoms with Crippen LogP contribution in [0.1, 0.15) is 23.1 Å². The third kappa shape index (κ3) is 4.95. The molecule has 0 saturated carbocycles. The first kappa shape index (κ1) is 23.0. The van der Waals surface area contributed by atoms with Crippen LogP contribution >= 0.6 is 15.6 Å². The molecule has 18 heteroatoms. The topological polar surface area (TPSA) is 236 Å². The molecule has 1 unspecified atom stereocenters. The van der Waals surface area contributed by atoms with Gasteiger partial charge < -0.3 is 34.5 Å². The molecule has 2 aliphatic rings. The van der Waals surface area contributed by atoms with Crippen LogP contribution in [-0.4, -0.2) is 72.1 Å². The van der Waals surface area contributed by atoms with E-state index in [9.17, 15) is 18.7 Å². The van der Waals surface area contributed by atoms with Crippen molar-refractivity contribution >= 4 is 27.4 Å². The third-order valence-corrected chi connectivity index (χ3v) is 5.41. The van der Waals surface area contributed by atoms with E-state index in [4.69, 9.17) is 30.0 Å². The van der Waals surface area contributed by atoms with E-state index in [-0.39, 0.29) is 17.9 Å². The van der Waals surface area contributed by atoms with Gasteiger partial charge in [-0.1, -0.05) is 0 Å². The van der Waals surface area contributed by atoms with Gasteiger partial charge in [-0.15, -0.1) is 0 Å². The van der Waals surface area contributed by atoms with Crippen LogP contribution < -0.4 is 16.6 Å². The largest absolute Gasteiger partial charge is 0.469 e. The number of ether oxygens (including phenoxy) is 1. The van der Waals surface area contributed by atoms with Crippen molar-refractivity contribution in [2.75, 3.05) is 19.0 Å². The van der Waals surface area contributed by atoms with Crippen LogP contribution in [0.4, 0.5) is 5.82 Å². The Balaban J connectivity index is 1.96. The summed E-state index contributed by atoms with van der Waals surface area (Å²) >= 11 is 0. The molecular formula is C12H19N5O11P2. The van der Waals surface area contributed by atoms with Crippen LogP contribution in [-0.2, 0) is 22.9 Å². The zero-order chi connectivity index (χ0) is 22.4. The van der Waals surface area contributed by atoms with E-state index in [2.05, 4.69) is 19.3 Å². The first-order valence-electron chi connectivity index (χ1n) is 8.27. The van der Waals surface area contributed by atoms with Gasteiger partial charge >= 0.3 is 15.6 Å². The van der Waals surface area contributed by atoms with E-state index in [1.807, 2.05) is 0 Å². The molecule has 1 aromatic rings. The van der Waals surface area contributed by atoms with Gasteiger partial charge in [-0.3, -0.25) is 28.9 Å². The first-order chi connectivity index (χ1) is 13.8. The van der Waals surface area contributed by atoms with E-state index in [0.29, 0.717) is 0 Å². The van der Waals surface area contributed by atoms with Crippen LogP contribution in [0.2, 0.25) is 0 Å². The first-order valence-corrected chi connectivity index (χ1v) is 11.3. The second-order valence-corrected chi connectivity index (χ2v) is 8.89. The van der Waals surface area contributed by atoms with E-state index in [1.165, 1.54) is 7.05 Å². The van der Waals surface area contributed by atoms with Crippen LogP contribution in [0.3, 0.4) is 0 Å². The Morgan fingerprint density at radius 2 is 1.97 bits per heavy atom. The lowest BCUT2D eigenvalue weighted by Crippen LogP contribution is -2.53. The fourth-order valence-electron chi connectivity index (χ4n) is 3.04. The molecule has 30 heavy (non-hydrogen) atoms. The molecule has 4 atom stereocenters. The zero-order valence-electron chi connectivity index (χ0n) is 15.3. The Labute approximate surface area is 168 Å². The summed E-state index contributed by atoms with van der Waals surface area (Å²) < 4.78 is 37.7. The minimum absolute atomic E-state index is 0.0883. The van der Waals surface area contributed by atoms with Crippen molar-refractivity contribution in [1.29, 1.82) is 0 Å². The van der Waals surface area contributed by atoms with Crippen molar-refractivity contribution in [2.45, 2.75) is 31.1 Å². The maximum Gasteiger partial charge on any atom is 0.469 e. The molecule has 0 radical (unpaired) electrons. The number of amides is 1. The van der Waals surface area contributed by atoms with Gasteiger partial charge in [-0.05, 0) is 0 Å². The number of nitrogens with zero attached hydrogens (tertiary/aromatic N) is 3. The van der Waals surface area contributed by atoms with Crippen LogP contribution in [0, 0.1) is 0 Å². The smallest absolute Gasteiger partial charge is 0.349 e. The highest BCUT2D eigenvalue weighted by molar-refractivity contribution is 7.46. The number of fused-ring (bicyclic) bond motifs is 1. The summed E-state index contributed by atoms with van der Waals surface area (Å²) in [7, 11) is -8.54. The molecule has 0 bridgehead atoms. The molecule has 0 aromatic carbocycles. The Hall–Kier alpha value is -1.71. The highest BCUT2D eigenvalue weighted by atomic mass is 31.2. The second kappa shape index (κ2) is 8.09. The number of hydrogen-bond acceptors (Lipinski definition) is 10. The summed E-state index contributed by atoms with van der Waals surface area (Å²) in [5.74, 6) is -0.679. The van der Waals surface area contributed by atoms with Gasteiger partial charge in [0.25, 0.3) is 11.5 Å². The fraction of sp³-hybridized carbons (Fsp3) is 0.583. The number of rotatable bonds is 6. The van der Waals surface area contributed by atoms with Crippen molar-refractivity contribution in [3.05, 3.63) is 22.2 Å². The Morgan fingerprint density at radius 3 is 2.57 bits per heavy atom. The van der Waals surface area contributed by atoms with Gasteiger partial charge in [0.05, 0.1) is 12.8 Å². The van der Waals surface area contributed by atoms with Crippen molar-refractivity contribution in [2.24, 2.45) is 5.73 Å². The third-order valence-electron chi connectivity index (χ3n) is 4.38. The number of nitrogens with one attached hydrogen (secondary N) is 1. The molecule has 0 aliphatic carbocycles. The standard InChI is InChI=1S/C12H19N5O11P2/c1-16-11(19)9-10(15-12(16)13)17(7(18)3-14-9)8-2-5(28-30(23,24)25)6(27-8)4-26-29(20,21)22/h3,5-6,8,12,15H,2,4,13H2,1H3,(H2,20,21,22)(H2,23,24,25)/t5-,6+,8+,12?/m0/s1. The number of carbonyl (C=O) groups is 1. The molecule has 16 nitrogen and oxygen atoms in total. The molecule has 3 heterocycles. The lowest BCUT2D eigenvalue weighted by Gasteiger charge is -2.33. The summed E-state index contributed by atoms with van der Waals surface area (Å²) in [6.07, 6.45) is -4.47. The van der Waals surface area contributed by atoms with Gasteiger partial charge in [0.1, 0.15) is 24.3 Å². The Bertz CT molecular complexity index is 989. The zero-order valence-corrected chi connectivity index (χ0v) is 17.0. The lowest BCUT2D eigenvalue weighted by atomic mass is 10.2. The van der Waals surface area contributed by atoms with Crippen molar-refractivity contribution in [1.82, 2.24) is 14.5 Å². The van der Waals surface area contributed by atoms with Gasteiger partial charge in [0.2, 0.25) is 0 Å². The normalized spacial score (nSPS) is 27.1. The van der Waals surface area contributed by atoms with Crippen LogP contribution in [0.15, 0.2) is 11.0 Å². The van der Waals surface area contributed by atoms with Crippen LogP contribution in [0.25, 0.3) is 0 Å². The van der Waals surface area contributed by atoms with Gasteiger partial charge in [0, 0.05) is 13.5 Å². The van der Waals surface area contributed by atoms with E-state index in [1.54, 1.807) is 0 Å². The SMILES string of the molecule is CN1C(=O)c2ncc(=O)n([C@H]3C[C@H](OP(=O)(O)O)[C@@H](COP(=O)(O)O)O3)c2NC1N. The number of nitrogens with two attached hydrogens (primary N) is 1. The van der Waals surface area contributed by atoms with E-state index in [0.717, 1.165) is 15.7 Å². The number of phosphoric ester groups is 2. The quantitative estimate of drug-likeness (QED) is 0.243. The van der Waals surface area contributed by atoms with Gasteiger partial charge in [-0.2, -0.15) is 0 Å². The molecule has 0 spiro atoms. The number of anilines is 1. The maximum absolute atomic E-state index is 12.5. The Morgan fingerprint density at radius 1 is 1.30 bits per heavy atom. The van der Waals surface area contributed by atoms with Crippen molar-refractivity contribution in [3.63, 3.8) is 0 Å². The molecule has 1 saturated heterocycles. The van der Waals surface area contributed by atoms with Gasteiger partial charge in [-0.25, -0.2) is 14.1 Å². The summed E-state index contributed by atoms with van der Waals surface area (Å²) in [6, 6.07) is 0. The number of hydrogen-bond donors (Lipinski definition) is 6. The molecule has 1 fully saturated rings. The number of carbonyl (C=O) groups excluding carboxylic acids is 1. The average Bonchev–Trinajstić information content (AvgIpc) is 2.97. The summed E-state index contributed by atoms with van der Waals surface area (Å²) in [4.78, 5) is 65.7. The molecular weight excluding hydrogens is 452 g/mol. The highest BCUT2D eigenvalue weighted by Gasteiger charge is 2.44. The van der Waals surface area contributed by atoms with Crippen LogP contribution in [0.5, 0.6) is 0 Å². The molecule has 1 aromatic heterocycles. The number of phosphoric acid groups is 2. The Kier molecular flexibility index (Phi) is 6.19. The van der Waals surface area contributed by atoms with Gasteiger partial charge in [0.15, 0.2) is 12.0 Å². The fourth-order valence-corrected chi connectivity index (χ4v) is 3.96. The molecule has 2 aliphatic heterocycles. The highest BCUT2D eigenvalue weighted by Crippen LogP contribution is 2.45. The predicted octanol–water partition coefficient (Wildman–Crippen LogP) is -2.14. The van der Waals surface area contributed by atoms with Crippen molar-refractivity contribution in [3.8, 4) is 0 Å². The van der Waals surface area contributed by atoms with Crippen molar-refractivity contribution < 1.29 is 47.3 Å². The molecule has 1 amide bonds. The molecule has 168 valence electrons. The molecule has 7 N–H and O–H groups in total. The van der Waals surface area contributed by atoms with E-state index >= 15 is 0 Å². The second-order valence-electron chi connectivity index (χ2n) is 6.45. The number of aromatic nitrogens is 2. The maximum atomic E-state index is 12.5. The monoisotopic (exact) mass is 471 g/mol. The minimum atomic E-state index is -5.02. The summed E-state index contributed by atoms with van der Waals surface area (Å²) in [6.45, 7) is -0.790. The predicted molar refractivity (Wildman–Crippen MR) is 95.6 cm³/mol. The average molecular weight is 471 g/mol. The summed E-state index contributed by atoms with van der Waals surface area (Å²) in [5, 5.41) is 2.71. The van der Waals surface area contributed by atoms with E-state index < -0.39 is 58.4 Å².